The van der Waals surface area contributed by atoms with E-state index in [2.05, 4.69) is 5.16 Å². The van der Waals surface area contributed by atoms with Gasteiger partial charge in [-0.3, -0.25) is 4.79 Å². The maximum atomic E-state index is 13.1. The molecule has 0 aliphatic carbocycles. The van der Waals surface area contributed by atoms with Gasteiger partial charge < -0.3 is 28.5 Å². The number of benzene rings is 2. The highest BCUT2D eigenvalue weighted by atomic mass is 35.5. The Labute approximate surface area is 198 Å². The van der Waals surface area contributed by atoms with Crippen LogP contribution in [0.15, 0.2) is 47.0 Å². The minimum Gasteiger partial charge on any atom is -0.493 e. The van der Waals surface area contributed by atoms with Gasteiger partial charge in [0, 0.05) is 35.3 Å². The Morgan fingerprint density at radius 3 is 2.15 bits per heavy atom. The fraction of sp³-hybridized carbons (Fsp3) is 0.333. The highest BCUT2D eigenvalue weighted by Gasteiger charge is 2.20. The van der Waals surface area contributed by atoms with Gasteiger partial charge in [0.1, 0.15) is 5.69 Å². The van der Waals surface area contributed by atoms with Crippen molar-refractivity contribution in [2.75, 3.05) is 48.5 Å². The number of carbonyl (C=O) groups is 1. The van der Waals surface area contributed by atoms with Crippen LogP contribution < -0.4 is 14.2 Å². The first-order chi connectivity index (χ1) is 15.9. The molecule has 0 bridgehead atoms. The van der Waals surface area contributed by atoms with E-state index in [0.717, 1.165) is 0 Å². The molecular weight excluding hydrogens is 446 g/mol. The van der Waals surface area contributed by atoms with Gasteiger partial charge in [-0.15, -0.1) is 0 Å². The van der Waals surface area contributed by atoms with Crippen molar-refractivity contribution >= 4 is 17.5 Å². The van der Waals surface area contributed by atoms with Crippen LogP contribution >= 0.6 is 11.6 Å². The summed E-state index contributed by atoms with van der Waals surface area (Å²) in [6, 6.07) is 12.2. The van der Waals surface area contributed by atoms with Crippen LogP contribution in [0.1, 0.15) is 16.1 Å². The van der Waals surface area contributed by atoms with Crippen molar-refractivity contribution in [1.82, 2.24) is 15.0 Å². The molecule has 33 heavy (non-hydrogen) atoms. The Bertz CT molecular complexity index is 1060. The Kier molecular flexibility index (Phi) is 8.19. The van der Waals surface area contributed by atoms with E-state index in [9.17, 15) is 4.79 Å². The number of aromatic nitrogens is 1. The van der Waals surface area contributed by atoms with Crippen molar-refractivity contribution in [2.45, 2.75) is 6.54 Å². The van der Waals surface area contributed by atoms with E-state index in [1.54, 1.807) is 68.7 Å². The van der Waals surface area contributed by atoms with Crippen LogP contribution in [0.4, 0.5) is 0 Å². The van der Waals surface area contributed by atoms with Gasteiger partial charge in [-0.2, -0.15) is 0 Å². The average molecular weight is 474 g/mol. The summed E-state index contributed by atoms with van der Waals surface area (Å²) < 4.78 is 21.8. The number of halogens is 1. The first kappa shape index (κ1) is 24.4. The summed E-state index contributed by atoms with van der Waals surface area (Å²) in [5.41, 5.74) is 1.90. The van der Waals surface area contributed by atoms with Gasteiger partial charge in [0.25, 0.3) is 5.91 Å². The van der Waals surface area contributed by atoms with Gasteiger partial charge in [0.15, 0.2) is 17.3 Å². The normalized spacial score (nSPS) is 10.9. The molecule has 2 aromatic carbocycles. The molecule has 0 N–H and O–H groups in total. The van der Waals surface area contributed by atoms with Gasteiger partial charge >= 0.3 is 0 Å². The second kappa shape index (κ2) is 11.1. The molecule has 8 nitrogen and oxygen atoms in total. The van der Waals surface area contributed by atoms with E-state index < -0.39 is 0 Å². The lowest BCUT2D eigenvalue weighted by Gasteiger charge is -2.23. The number of hydrogen-bond donors (Lipinski definition) is 0. The zero-order chi connectivity index (χ0) is 24.0. The predicted octanol–water partition coefficient (Wildman–Crippen LogP) is 4.22. The number of ether oxygens (including phenoxy) is 3. The van der Waals surface area contributed by atoms with Gasteiger partial charge in [-0.1, -0.05) is 16.8 Å². The van der Waals surface area contributed by atoms with Crippen LogP contribution in [-0.2, 0) is 6.54 Å². The Balaban J connectivity index is 1.86. The van der Waals surface area contributed by atoms with Crippen LogP contribution in [0.5, 0.6) is 17.2 Å². The number of hydrogen-bond acceptors (Lipinski definition) is 7. The van der Waals surface area contributed by atoms with Crippen molar-refractivity contribution in [2.24, 2.45) is 0 Å². The zero-order valence-corrected chi connectivity index (χ0v) is 20.2. The SMILES string of the molecule is COc1cc(-c2cc(CN(CCN(C)C)C(=O)c3ccc(Cl)cc3)no2)cc(OC)c1OC. The van der Waals surface area contributed by atoms with Gasteiger partial charge in [0.05, 0.1) is 27.9 Å². The molecule has 1 heterocycles. The number of rotatable bonds is 10. The summed E-state index contributed by atoms with van der Waals surface area (Å²) in [7, 11) is 8.58. The molecule has 0 radical (unpaired) electrons. The van der Waals surface area contributed by atoms with Crippen LogP contribution in [0.25, 0.3) is 11.3 Å². The summed E-state index contributed by atoms with van der Waals surface area (Å²) in [5.74, 6) is 1.93. The summed E-state index contributed by atoms with van der Waals surface area (Å²) >= 11 is 5.97. The van der Waals surface area contributed by atoms with Gasteiger partial charge in [-0.25, -0.2) is 0 Å². The molecule has 0 spiro atoms. The number of carbonyl (C=O) groups excluding carboxylic acids is 1. The largest absolute Gasteiger partial charge is 0.493 e. The van der Waals surface area contributed by atoms with Crippen molar-refractivity contribution in [3.63, 3.8) is 0 Å². The third-order valence-electron chi connectivity index (χ3n) is 5.06. The van der Waals surface area contributed by atoms with Crippen LogP contribution in [-0.4, -0.2) is 69.4 Å². The molecule has 0 atom stereocenters. The maximum absolute atomic E-state index is 13.1. The van der Waals surface area contributed by atoms with Crippen LogP contribution in [0.2, 0.25) is 5.02 Å². The Hall–Kier alpha value is -3.23. The first-order valence-electron chi connectivity index (χ1n) is 10.3. The monoisotopic (exact) mass is 473 g/mol. The quantitative estimate of drug-likeness (QED) is 0.436. The molecule has 1 amide bonds. The van der Waals surface area contributed by atoms with Crippen LogP contribution in [0, 0.1) is 0 Å². The molecular formula is C24H28ClN3O5. The van der Waals surface area contributed by atoms with E-state index in [-0.39, 0.29) is 5.91 Å². The number of nitrogens with zero attached hydrogens (tertiary/aromatic N) is 3. The van der Waals surface area contributed by atoms with Crippen molar-refractivity contribution in [3.8, 4) is 28.6 Å². The molecule has 0 fully saturated rings. The molecule has 0 unspecified atom stereocenters. The lowest BCUT2D eigenvalue weighted by atomic mass is 10.1. The maximum Gasteiger partial charge on any atom is 0.254 e. The van der Waals surface area contributed by atoms with E-state index in [1.807, 2.05) is 19.0 Å². The molecule has 0 aliphatic heterocycles. The fourth-order valence-corrected chi connectivity index (χ4v) is 3.42. The molecule has 3 rings (SSSR count). The smallest absolute Gasteiger partial charge is 0.254 e. The van der Waals surface area contributed by atoms with Crippen molar-refractivity contribution < 1.29 is 23.5 Å². The molecule has 176 valence electrons. The predicted molar refractivity (Wildman–Crippen MR) is 126 cm³/mol. The highest BCUT2D eigenvalue weighted by Crippen LogP contribution is 2.41. The van der Waals surface area contributed by atoms with Crippen molar-refractivity contribution in [1.29, 1.82) is 0 Å². The number of methoxy groups -OCH3 is 3. The van der Waals surface area contributed by atoms with E-state index in [1.165, 1.54) is 0 Å². The summed E-state index contributed by atoms with van der Waals surface area (Å²) in [6.07, 6.45) is 0. The van der Waals surface area contributed by atoms with E-state index >= 15 is 0 Å². The molecule has 0 saturated carbocycles. The minimum atomic E-state index is -0.106. The van der Waals surface area contributed by atoms with Crippen LogP contribution in [0.3, 0.4) is 0 Å². The zero-order valence-electron chi connectivity index (χ0n) is 19.4. The summed E-state index contributed by atoms with van der Waals surface area (Å²) in [6.45, 7) is 1.53. The second-order valence-electron chi connectivity index (χ2n) is 7.63. The number of amides is 1. The molecule has 9 heteroatoms. The third-order valence-corrected chi connectivity index (χ3v) is 5.31. The van der Waals surface area contributed by atoms with E-state index in [4.69, 9.17) is 30.3 Å². The van der Waals surface area contributed by atoms with Crippen molar-refractivity contribution in [3.05, 3.63) is 58.7 Å². The lowest BCUT2D eigenvalue weighted by molar-refractivity contribution is 0.0728. The molecule has 0 saturated heterocycles. The molecule has 3 aromatic rings. The number of likely N-dealkylation sites (N-methyl/N-ethyl adjacent to an activating group) is 1. The average Bonchev–Trinajstić information content (AvgIpc) is 3.29. The third kappa shape index (κ3) is 5.97. The molecule has 0 aliphatic rings. The lowest BCUT2D eigenvalue weighted by Crippen LogP contribution is -2.36. The fourth-order valence-electron chi connectivity index (χ4n) is 3.29. The standard InChI is InChI=1S/C24H28ClN3O5/c1-27(2)10-11-28(24(29)16-6-8-18(25)9-7-16)15-19-14-20(33-26-19)17-12-21(30-3)23(32-5)22(13-17)31-4/h6-9,12-14H,10-11,15H2,1-5H3. The first-order valence-corrected chi connectivity index (χ1v) is 10.7. The Morgan fingerprint density at radius 2 is 1.61 bits per heavy atom. The minimum absolute atomic E-state index is 0.106. The topological polar surface area (TPSA) is 77.3 Å². The Morgan fingerprint density at radius 1 is 0.970 bits per heavy atom. The summed E-state index contributed by atoms with van der Waals surface area (Å²) in [5, 5.41) is 4.77. The second-order valence-corrected chi connectivity index (χ2v) is 8.07. The summed E-state index contributed by atoms with van der Waals surface area (Å²) in [4.78, 5) is 16.9. The van der Waals surface area contributed by atoms with Gasteiger partial charge in [0.2, 0.25) is 5.75 Å². The van der Waals surface area contributed by atoms with Gasteiger partial charge in [-0.05, 0) is 50.5 Å². The van der Waals surface area contributed by atoms with E-state index in [0.29, 0.717) is 64.5 Å². The molecule has 1 aromatic heterocycles. The highest BCUT2D eigenvalue weighted by molar-refractivity contribution is 6.30.